The van der Waals surface area contributed by atoms with Crippen molar-refractivity contribution in [3.63, 3.8) is 0 Å². The van der Waals surface area contributed by atoms with E-state index in [2.05, 4.69) is 10.6 Å². The Morgan fingerprint density at radius 1 is 0.733 bits per heavy atom. The van der Waals surface area contributed by atoms with Gasteiger partial charge in [-0.3, -0.25) is 9.59 Å². The zero-order chi connectivity index (χ0) is 22.0. The molecule has 2 atom stereocenters. The molecule has 0 heterocycles. The highest BCUT2D eigenvalue weighted by atomic mass is 16.3. The standard InChI is InChI=1S/C21H24N2O7/c1-10-15(24)6-11(7-16(10)25)20(29)22-13-4-2-3-5-14(13)23-21(30)12-8-17(26)19(28)18(27)9-12/h6-9,13-14,24-28H,2-5H2,1H3,(H,22,29)(H,23,30)/t13-,14-/m0/s1. The lowest BCUT2D eigenvalue weighted by Crippen LogP contribution is -2.53. The summed E-state index contributed by atoms with van der Waals surface area (Å²) in [6.07, 6.45) is 2.92. The van der Waals surface area contributed by atoms with E-state index in [0.29, 0.717) is 12.8 Å². The summed E-state index contributed by atoms with van der Waals surface area (Å²) in [6, 6.07) is 3.82. The van der Waals surface area contributed by atoms with Crippen molar-refractivity contribution < 1.29 is 35.1 Å². The van der Waals surface area contributed by atoms with Gasteiger partial charge in [0.25, 0.3) is 11.8 Å². The molecule has 0 saturated heterocycles. The highest BCUT2D eigenvalue weighted by Gasteiger charge is 2.29. The SMILES string of the molecule is Cc1c(O)cc(C(=O)N[C@H]2CCCC[C@@H]2NC(=O)c2cc(O)c(O)c(O)c2)cc1O. The molecule has 1 saturated carbocycles. The predicted octanol–water partition coefficient (Wildman–Crippen LogP) is 1.99. The van der Waals surface area contributed by atoms with Crippen LogP contribution in [0.2, 0.25) is 0 Å². The third kappa shape index (κ3) is 4.35. The van der Waals surface area contributed by atoms with E-state index in [1.165, 1.54) is 19.1 Å². The van der Waals surface area contributed by atoms with Crippen LogP contribution in [0.1, 0.15) is 52.0 Å². The van der Waals surface area contributed by atoms with Gasteiger partial charge in [-0.1, -0.05) is 12.8 Å². The molecule has 2 aromatic rings. The molecule has 9 nitrogen and oxygen atoms in total. The molecular formula is C21H24N2O7. The largest absolute Gasteiger partial charge is 0.508 e. The van der Waals surface area contributed by atoms with Gasteiger partial charge in [0.1, 0.15) is 11.5 Å². The van der Waals surface area contributed by atoms with E-state index in [-0.39, 0.29) is 34.2 Å². The van der Waals surface area contributed by atoms with Crippen LogP contribution in [-0.2, 0) is 0 Å². The van der Waals surface area contributed by atoms with Gasteiger partial charge in [0, 0.05) is 28.8 Å². The number of phenols is 5. The van der Waals surface area contributed by atoms with Crippen LogP contribution in [0.3, 0.4) is 0 Å². The van der Waals surface area contributed by atoms with Crippen LogP contribution < -0.4 is 10.6 Å². The van der Waals surface area contributed by atoms with Crippen LogP contribution >= 0.6 is 0 Å². The molecule has 0 spiro atoms. The third-order valence-corrected chi connectivity index (χ3v) is 5.35. The minimum atomic E-state index is -0.709. The quantitative estimate of drug-likeness (QED) is 0.375. The Morgan fingerprint density at radius 2 is 1.10 bits per heavy atom. The lowest BCUT2D eigenvalue weighted by molar-refractivity contribution is 0.0862. The van der Waals surface area contributed by atoms with E-state index < -0.39 is 35.1 Å². The average molecular weight is 416 g/mol. The Labute approximate surface area is 172 Å². The second-order valence-electron chi connectivity index (χ2n) is 7.45. The van der Waals surface area contributed by atoms with Crippen LogP contribution in [-0.4, -0.2) is 49.4 Å². The molecule has 1 aliphatic carbocycles. The van der Waals surface area contributed by atoms with E-state index in [0.717, 1.165) is 25.0 Å². The second-order valence-corrected chi connectivity index (χ2v) is 7.45. The highest BCUT2D eigenvalue weighted by Crippen LogP contribution is 2.35. The van der Waals surface area contributed by atoms with Crippen molar-refractivity contribution in [2.24, 2.45) is 0 Å². The van der Waals surface area contributed by atoms with Crippen molar-refractivity contribution in [1.29, 1.82) is 0 Å². The van der Waals surface area contributed by atoms with Crippen molar-refractivity contribution in [2.45, 2.75) is 44.7 Å². The molecule has 2 aromatic carbocycles. The van der Waals surface area contributed by atoms with Gasteiger partial charge in [-0.2, -0.15) is 0 Å². The summed E-state index contributed by atoms with van der Waals surface area (Å²) in [5, 5.41) is 54.0. The van der Waals surface area contributed by atoms with Gasteiger partial charge in [-0.25, -0.2) is 0 Å². The first-order chi connectivity index (χ1) is 14.2. The summed E-state index contributed by atoms with van der Waals surface area (Å²) in [7, 11) is 0. The van der Waals surface area contributed by atoms with Crippen molar-refractivity contribution >= 4 is 11.8 Å². The zero-order valence-corrected chi connectivity index (χ0v) is 16.3. The maximum Gasteiger partial charge on any atom is 0.251 e. The van der Waals surface area contributed by atoms with E-state index in [1.54, 1.807) is 0 Å². The molecule has 0 radical (unpaired) electrons. The summed E-state index contributed by atoms with van der Waals surface area (Å²) in [4.78, 5) is 25.2. The Bertz CT molecular complexity index is 864. The van der Waals surface area contributed by atoms with Crippen LogP contribution in [0.5, 0.6) is 28.7 Å². The fraction of sp³-hybridized carbons (Fsp3) is 0.333. The number of hydrogen-bond acceptors (Lipinski definition) is 7. The van der Waals surface area contributed by atoms with Gasteiger partial charge in [0.15, 0.2) is 17.2 Å². The minimum absolute atomic E-state index is 0.0353. The molecule has 1 aliphatic rings. The van der Waals surface area contributed by atoms with E-state index in [1.807, 2.05) is 0 Å². The van der Waals surface area contributed by atoms with Crippen molar-refractivity contribution in [1.82, 2.24) is 10.6 Å². The topological polar surface area (TPSA) is 159 Å². The lowest BCUT2D eigenvalue weighted by Gasteiger charge is -2.33. The minimum Gasteiger partial charge on any atom is -0.508 e. The normalized spacial score (nSPS) is 18.6. The van der Waals surface area contributed by atoms with Crippen LogP contribution in [0.4, 0.5) is 0 Å². The number of rotatable bonds is 4. The first kappa shape index (κ1) is 21.1. The third-order valence-electron chi connectivity index (χ3n) is 5.35. The number of phenolic OH excluding ortho intramolecular Hbond substituents is 5. The maximum absolute atomic E-state index is 12.6. The number of carbonyl (C=O) groups excluding carboxylic acids is 2. The van der Waals surface area contributed by atoms with Crippen LogP contribution in [0, 0.1) is 6.92 Å². The van der Waals surface area contributed by atoms with Gasteiger partial charge < -0.3 is 36.2 Å². The van der Waals surface area contributed by atoms with Crippen molar-refractivity contribution in [2.75, 3.05) is 0 Å². The number of aromatic hydroxyl groups is 5. The average Bonchev–Trinajstić information content (AvgIpc) is 2.70. The molecular weight excluding hydrogens is 392 g/mol. The van der Waals surface area contributed by atoms with Gasteiger partial charge in [0.05, 0.1) is 0 Å². The number of amides is 2. The van der Waals surface area contributed by atoms with Crippen molar-refractivity contribution in [3.05, 3.63) is 41.0 Å². The Hall–Kier alpha value is -3.62. The predicted molar refractivity (Wildman–Crippen MR) is 107 cm³/mol. The Morgan fingerprint density at radius 3 is 1.50 bits per heavy atom. The molecule has 0 bridgehead atoms. The molecule has 160 valence electrons. The van der Waals surface area contributed by atoms with Crippen LogP contribution in [0.25, 0.3) is 0 Å². The molecule has 0 unspecified atom stereocenters. The van der Waals surface area contributed by atoms with Crippen LogP contribution in [0.15, 0.2) is 24.3 Å². The number of nitrogens with one attached hydrogen (secondary N) is 2. The summed E-state index contributed by atoms with van der Waals surface area (Å²) >= 11 is 0. The Kier molecular flexibility index (Phi) is 5.91. The molecule has 9 heteroatoms. The monoisotopic (exact) mass is 416 g/mol. The number of hydrogen-bond donors (Lipinski definition) is 7. The zero-order valence-electron chi connectivity index (χ0n) is 16.3. The summed E-state index contributed by atoms with van der Waals surface area (Å²) < 4.78 is 0. The fourth-order valence-electron chi connectivity index (χ4n) is 3.53. The van der Waals surface area contributed by atoms with Gasteiger partial charge in [-0.15, -0.1) is 0 Å². The second kappa shape index (κ2) is 8.40. The highest BCUT2D eigenvalue weighted by molar-refractivity contribution is 5.97. The lowest BCUT2D eigenvalue weighted by atomic mass is 9.89. The van der Waals surface area contributed by atoms with E-state index in [4.69, 9.17) is 0 Å². The summed E-state index contributed by atoms with van der Waals surface area (Å²) in [5.41, 5.74) is 0.334. The van der Waals surface area contributed by atoms with E-state index in [9.17, 15) is 35.1 Å². The Balaban J connectivity index is 1.73. The molecule has 3 rings (SSSR count). The summed E-state index contributed by atoms with van der Waals surface area (Å²) in [5.74, 6) is -3.40. The van der Waals surface area contributed by atoms with Gasteiger partial charge >= 0.3 is 0 Å². The first-order valence-corrected chi connectivity index (χ1v) is 9.56. The number of carbonyl (C=O) groups is 2. The first-order valence-electron chi connectivity index (χ1n) is 9.56. The maximum atomic E-state index is 12.6. The van der Waals surface area contributed by atoms with Crippen molar-refractivity contribution in [3.8, 4) is 28.7 Å². The van der Waals surface area contributed by atoms with E-state index >= 15 is 0 Å². The molecule has 30 heavy (non-hydrogen) atoms. The molecule has 2 amide bonds. The molecule has 0 aromatic heterocycles. The van der Waals surface area contributed by atoms with Gasteiger partial charge in [-0.05, 0) is 44.0 Å². The van der Waals surface area contributed by atoms with Gasteiger partial charge in [0.2, 0.25) is 0 Å². The molecule has 7 N–H and O–H groups in total. The molecule has 1 fully saturated rings. The smallest absolute Gasteiger partial charge is 0.251 e. The number of benzene rings is 2. The summed E-state index contributed by atoms with van der Waals surface area (Å²) in [6.45, 7) is 1.53. The molecule has 0 aliphatic heterocycles. The fourth-order valence-corrected chi connectivity index (χ4v) is 3.53.